The van der Waals surface area contributed by atoms with Crippen LogP contribution < -0.4 is 0 Å². The largest absolute Gasteiger partial charge is 0.267 e. The molecule has 1 aromatic rings. The van der Waals surface area contributed by atoms with Crippen LogP contribution in [0.1, 0.15) is 27.2 Å². The van der Waals surface area contributed by atoms with Crippen molar-refractivity contribution in [3.05, 3.63) is 18.5 Å². The van der Waals surface area contributed by atoms with E-state index in [1.807, 2.05) is 23.1 Å². The second kappa shape index (κ2) is 2.45. The minimum atomic E-state index is 0.170. The molecule has 0 spiro atoms. The average molecular weight is 138 g/mol. The van der Waals surface area contributed by atoms with Gasteiger partial charge in [0.15, 0.2) is 0 Å². The van der Waals surface area contributed by atoms with Crippen molar-refractivity contribution in [2.75, 3.05) is 0 Å². The van der Waals surface area contributed by atoms with Crippen LogP contribution in [0.5, 0.6) is 0 Å². The van der Waals surface area contributed by atoms with E-state index in [4.69, 9.17) is 0 Å². The standard InChI is InChI=1S/C8H14N2/c1-4-8(2,3)10-7-5-6-9-10/h5-7H,4H2,1-3H3. The quantitative estimate of drug-likeness (QED) is 0.611. The number of nitrogens with zero attached hydrogens (tertiary/aromatic N) is 2. The van der Waals surface area contributed by atoms with E-state index < -0.39 is 0 Å². The molecule has 10 heavy (non-hydrogen) atoms. The minimum Gasteiger partial charge on any atom is -0.267 e. The van der Waals surface area contributed by atoms with Crippen molar-refractivity contribution >= 4 is 0 Å². The zero-order valence-corrected chi connectivity index (χ0v) is 6.83. The second-order valence-electron chi connectivity index (χ2n) is 3.12. The van der Waals surface area contributed by atoms with Crippen molar-refractivity contribution in [3.8, 4) is 0 Å². The molecule has 0 atom stereocenters. The molecule has 0 bridgehead atoms. The van der Waals surface area contributed by atoms with E-state index >= 15 is 0 Å². The third-order valence-corrected chi connectivity index (χ3v) is 1.99. The lowest BCUT2D eigenvalue weighted by Gasteiger charge is -2.22. The van der Waals surface area contributed by atoms with Gasteiger partial charge in [-0.2, -0.15) is 5.10 Å². The molecule has 0 amide bonds. The summed E-state index contributed by atoms with van der Waals surface area (Å²) in [5, 5.41) is 4.18. The summed E-state index contributed by atoms with van der Waals surface area (Å²) in [6.45, 7) is 6.53. The van der Waals surface area contributed by atoms with Gasteiger partial charge in [0.05, 0.1) is 5.54 Å². The van der Waals surface area contributed by atoms with Gasteiger partial charge in [0.25, 0.3) is 0 Å². The van der Waals surface area contributed by atoms with Crippen molar-refractivity contribution < 1.29 is 0 Å². The minimum absolute atomic E-state index is 0.170. The van der Waals surface area contributed by atoms with Crippen LogP contribution in [0.3, 0.4) is 0 Å². The van der Waals surface area contributed by atoms with Crippen LogP contribution in [-0.4, -0.2) is 9.78 Å². The Kier molecular flexibility index (Phi) is 1.79. The van der Waals surface area contributed by atoms with Crippen LogP contribution in [-0.2, 0) is 5.54 Å². The first-order valence-corrected chi connectivity index (χ1v) is 3.67. The summed E-state index contributed by atoms with van der Waals surface area (Å²) in [5.41, 5.74) is 0.170. The maximum atomic E-state index is 4.18. The van der Waals surface area contributed by atoms with Gasteiger partial charge < -0.3 is 0 Å². The van der Waals surface area contributed by atoms with Crippen molar-refractivity contribution in [3.63, 3.8) is 0 Å². The molecule has 2 nitrogen and oxygen atoms in total. The van der Waals surface area contributed by atoms with E-state index in [0.717, 1.165) is 6.42 Å². The fourth-order valence-corrected chi connectivity index (χ4v) is 0.789. The highest BCUT2D eigenvalue weighted by Crippen LogP contribution is 2.16. The number of hydrogen-bond acceptors (Lipinski definition) is 1. The Morgan fingerprint density at radius 3 is 2.60 bits per heavy atom. The lowest BCUT2D eigenvalue weighted by atomic mass is 10.0. The van der Waals surface area contributed by atoms with E-state index in [1.54, 1.807) is 0 Å². The monoisotopic (exact) mass is 138 g/mol. The Balaban J connectivity index is 2.85. The fraction of sp³-hybridized carbons (Fsp3) is 0.625. The summed E-state index contributed by atoms with van der Waals surface area (Å²) in [6.07, 6.45) is 4.93. The third kappa shape index (κ3) is 1.20. The molecule has 0 aliphatic carbocycles. The summed E-state index contributed by atoms with van der Waals surface area (Å²) < 4.78 is 1.99. The van der Waals surface area contributed by atoms with Gasteiger partial charge in [0.2, 0.25) is 0 Å². The molecular weight excluding hydrogens is 124 g/mol. The van der Waals surface area contributed by atoms with Gasteiger partial charge in [0, 0.05) is 12.4 Å². The Hall–Kier alpha value is -0.790. The Morgan fingerprint density at radius 1 is 1.50 bits per heavy atom. The molecule has 0 N–H and O–H groups in total. The van der Waals surface area contributed by atoms with Crippen molar-refractivity contribution in [1.82, 2.24) is 9.78 Å². The first kappa shape index (κ1) is 7.32. The highest BCUT2D eigenvalue weighted by atomic mass is 15.3. The van der Waals surface area contributed by atoms with E-state index in [1.165, 1.54) is 0 Å². The molecule has 0 saturated heterocycles. The van der Waals surface area contributed by atoms with Gasteiger partial charge in [-0.25, -0.2) is 0 Å². The second-order valence-corrected chi connectivity index (χ2v) is 3.12. The summed E-state index contributed by atoms with van der Waals surface area (Å²) in [7, 11) is 0. The van der Waals surface area contributed by atoms with E-state index in [0.29, 0.717) is 0 Å². The molecule has 56 valence electrons. The molecular formula is C8H14N2. The van der Waals surface area contributed by atoms with Crippen molar-refractivity contribution in [1.29, 1.82) is 0 Å². The molecule has 0 saturated carbocycles. The van der Waals surface area contributed by atoms with E-state index in [-0.39, 0.29) is 5.54 Å². The molecule has 0 aliphatic rings. The third-order valence-electron chi connectivity index (χ3n) is 1.99. The van der Waals surface area contributed by atoms with Gasteiger partial charge in [-0.15, -0.1) is 0 Å². The average Bonchev–Trinajstić information content (AvgIpc) is 2.38. The molecule has 0 aromatic carbocycles. The van der Waals surface area contributed by atoms with Crippen molar-refractivity contribution in [2.45, 2.75) is 32.7 Å². The molecule has 0 radical (unpaired) electrons. The van der Waals surface area contributed by atoms with Gasteiger partial charge >= 0.3 is 0 Å². The predicted molar refractivity (Wildman–Crippen MR) is 41.8 cm³/mol. The van der Waals surface area contributed by atoms with Gasteiger partial charge in [-0.1, -0.05) is 6.92 Å². The van der Waals surface area contributed by atoms with Gasteiger partial charge in [-0.3, -0.25) is 4.68 Å². The lowest BCUT2D eigenvalue weighted by Crippen LogP contribution is -2.25. The molecule has 0 fully saturated rings. The van der Waals surface area contributed by atoms with Crippen LogP contribution in [0, 0.1) is 0 Å². The predicted octanol–water partition coefficient (Wildman–Crippen LogP) is 2.03. The van der Waals surface area contributed by atoms with Gasteiger partial charge in [-0.05, 0) is 26.3 Å². The topological polar surface area (TPSA) is 17.8 Å². The molecule has 0 unspecified atom stereocenters. The number of aromatic nitrogens is 2. The molecule has 1 aromatic heterocycles. The summed E-state index contributed by atoms with van der Waals surface area (Å²) >= 11 is 0. The molecule has 1 rings (SSSR count). The fourth-order valence-electron chi connectivity index (χ4n) is 0.789. The van der Waals surface area contributed by atoms with Crippen LogP contribution in [0.2, 0.25) is 0 Å². The maximum Gasteiger partial charge on any atom is 0.0568 e. The van der Waals surface area contributed by atoms with E-state index in [2.05, 4.69) is 25.9 Å². The first-order chi connectivity index (χ1) is 4.67. The highest BCUT2D eigenvalue weighted by Gasteiger charge is 2.16. The van der Waals surface area contributed by atoms with Gasteiger partial charge in [0.1, 0.15) is 0 Å². The van der Waals surface area contributed by atoms with Crippen LogP contribution >= 0.6 is 0 Å². The summed E-state index contributed by atoms with van der Waals surface area (Å²) in [4.78, 5) is 0. The zero-order chi connectivity index (χ0) is 7.61. The summed E-state index contributed by atoms with van der Waals surface area (Å²) in [6, 6.07) is 1.96. The van der Waals surface area contributed by atoms with Crippen molar-refractivity contribution in [2.24, 2.45) is 0 Å². The molecule has 0 aliphatic heterocycles. The SMILES string of the molecule is CCC(C)(C)n1cccn1. The van der Waals surface area contributed by atoms with Crippen LogP contribution in [0.15, 0.2) is 18.5 Å². The smallest absolute Gasteiger partial charge is 0.0568 e. The summed E-state index contributed by atoms with van der Waals surface area (Å²) in [5.74, 6) is 0. The van der Waals surface area contributed by atoms with Crippen LogP contribution in [0.25, 0.3) is 0 Å². The highest BCUT2D eigenvalue weighted by molar-refractivity contribution is 4.84. The lowest BCUT2D eigenvalue weighted by molar-refractivity contribution is 0.308. The number of rotatable bonds is 2. The Morgan fingerprint density at radius 2 is 2.20 bits per heavy atom. The Labute approximate surface area is 61.9 Å². The number of hydrogen-bond donors (Lipinski definition) is 0. The zero-order valence-electron chi connectivity index (χ0n) is 6.83. The van der Waals surface area contributed by atoms with Crippen LogP contribution in [0.4, 0.5) is 0 Å². The molecule has 1 heterocycles. The molecule has 2 heteroatoms. The first-order valence-electron chi connectivity index (χ1n) is 3.67. The normalized spacial score (nSPS) is 11.9. The van der Waals surface area contributed by atoms with E-state index in [9.17, 15) is 0 Å². The maximum absolute atomic E-state index is 4.18. The Bertz CT molecular complexity index is 187.